The zero-order chi connectivity index (χ0) is 23.5. The second kappa shape index (κ2) is 10.2. The van der Waals surface area contributed by atoms with Crippen molar-refractivity contribution in [1.29, 1.82) is 0 Å². The summed E-state index contributed by atoms with van der Waals surface area (Å²) in [7, 11) is 2.17. The molecule has 7 nitrogen and oxygen atoms in total. The molecule has 0 amide bonds. The van der Waals surface area contributed by atoms with Crippen LogP contribution in [0.15, 0.2) is 61.1 Å². The van der Waals surface area contributed by atoms with Gasteiger partial charge in [-0.05, 0) is 42.4 Å². The molecule has 1 N–H and O–H groups in total. The highest BCUT2D eigenvalue weighted by molar-refractivity contribution is 6.30. The van der Waals surface area contributed by atoms with Crippen LogP contribution in [0.4, 0.5) is 11.5 Å². The molecule has 2 aromatic carbocycles. The minimum atomic E-state index is -0.245. The minimum absolute atomic E-state index is 0.245. The van der Waals surface area contributed by atoms with Crippen LogP contribution in [0.1, 0.15) is 16.5 Å². The number of hydrogen-bond donors (Lipinski definition) is 1. The summed E-state index contributed by atoms with van der Waals surface area (Å²) >= 11 is 12.6. The lowest BCUT2D eigenvalue weighted by atomic mass is 10.1. The number of benzene rings is 2. The van der Waals surface area contributed by atoms with Crippen molar-refractivity contribution in [3.63, 3.8) is 0 Å². The van der Waals surface area contributed by atoms with E-state index < -0.39 is 0 Å². The van der Waals surface area contributed by atoms with Crippen molar-refractivity contribution >= 4 is 45.7 Å². The number of likely N-dealkylation sites (N-methyl/N-ethyl adjacent to an activating group) is 1. The van der Waals surface area contributed by atoms with Gasteiger partial charge < -0.3 is 15.1 Å². The summed E-state index contributed by atoms with van der Waals surface area (Å²) in [6.45, 7) is 5.51. The highest BCUT2D eigenvalue weighted by Gasteiger charge is 2.16. The number of halogens is 2. The van der Waals surface area contributed by atoms with Crippen molar-refractivity contribution in [3.05, 3.63) is 77.2 Å². The predicted octanol–water partition coefficient (Wildman–Crippen LogP) is 4.82. The fourth-order valence-electron chi connectivity index (χ4n) is 4.17. The molecular weight excluding hydrogens is 469 g/mol. The number of rotatable bonds is 7. The molecule has 1 aliphatic rings. The van der Waals surface area contributed by atoms with Gasteiger partial charge in [-0.25, -0.2) is 14.6 Å². The lowest BCUT2D eigenvalue weighted by molar-refractivity contribution is 0.313. The van der Waals surface area contributed by atoms with Crippen molar-refractivity contribution in [2.75, 3.05) is 43.4 Å². The van der Waals surface area contributed by atoms with Gasteiger partial charge >= 0.3 is 0 Å². The Bertz CT molecular complexity index is 1230. The first-order valence-electron chi connectivity index (χ1n) is 11.4. The zero-order valence-corrected chi connectivity index (χ0v) is 20.5. The first kappa shape index (κ1) is 22.9. The highest BCUT2D eigenvalue weighted by atomic mass is 35.5. The normalized spacial score (nSPS) is 15.6. The number of nitrogens with zero attached hydrogens (tertiary/aromatic N) is 6. The molecule has 0 radical (unpaired) electrons. The van der Waals surface area contributed by atoms with Gasteiger partial charge in [0, 0.05) is 43.4 Å². The van der Waals surface area contributed by atoms with Crippen LogP contribution in [0.2, 0.25) is 5.02 Å². The lowest BCUT2D eigenvalue weighted by Gasteiger charge is -2.34. The second-order valence-corrected chi connectivity index (χ2v) is 9.58. The summed E-state index contributed by atoms with van der Waals surface area (Å²) in [5.74, 6) is 0.761. The molecule has 1 saturated heterocycles. The Morgan fingerprint density at radius 1 is 0.971 bits per heavy atom. The molecule has 0 spiro atoms. The summed E-state index contributed by atoms with van der Waals surface area (Å²) in [5, 5.41) is 9.27. The van der Waals surface area contributed by atoms with Crippen LogP contribution in [-0.4, -0.2) is 57.9 Å². The third kappa shape index (κ3) is 5.12. The summed E-state index contributed by atoms with van der Waals surface area (Å²) in [5.41, 5.74) is 4.21. The molecule has 1 fully saturated rings. The largest absolute Gasteiger partial charge is 0.369 e. The molecule has 176 valence electrons. The van der Waals surface area contributed by atoms with Gasteiger partial charge in [0.15, 0.2) is 5.65 Å². The quantitative estimate of drug-likeness (QED) is 0.370. The van der Waals surface area contributed by atoms with Gasteiger partial charge in [0.05, 0.1) is 23.5 Å². The zero-order valence-electron chi connectivity index (χ0n) is 19.0. The van der Waals surface area contributed by atoms with Crippen LogP contribution in [-0.2, 0) is 13.1 Å². The Morgan fingerprint density at radius 3 is 2.44 bits per heavy atom. The Balaban J connectivity index is 1.25. The van der Waals surface area contributed by atoms with Crippen LogP contribution in [0.5, 0.6) is 0 Å². The fraction of sp³-hybridized carbons (Fsp3) is 0.320. The topological polar surface area (TPSA) is 62.1 Å². The van der Waals surface area contributed by atoms with Crippen molar-refractivity contribution in [2.45, 2.75) is 18.5 Å². The molecule has 1 atom stereocenters. The standard InChI is InChI=1S/C25H27Cl2N7/c1-32-10-12-33(13-11-32)21-8-2-18(3-9-21)14-28-24-22-15-31-34(25(22)30-17-29-24)16-23(27)19-4-6-20(26)7-5-19/h2-9,15,17,23H,10-14,16H2,1H3,(H,28,29,30). The Hall–Kier alpha value is -2.87. The molecule has 0 bridgehead atoms. The van der Waals surface area contributed by atoms with Crippen LogP contribution < -0.4 is 10.2 Å². The van der Waals surface area contributed by atoms with E-state index in [2.05, 4.69) is 61.5 Å². The number of nitrogens with one attached hydrogen (secondary N) is 1. The molecule has 9 heteroatoms. The van der Waals surface area contributed by atoms with Gasteiger partial charge in [0.1, 0.15) is 12.1 Å². The van der Waals surface area contributed by atoms with E-state index in [9.17, 15) is 0 Å². The van der Waals surface area contributed by atoms with E-state index in [1.807, 2.05) is 28.9 Å². The molecule has 5 rings (SSSR count). The van der Waals surface area contributed by atoms with E-state index in [4.69, 9.17) is 23.2 Å². The lowest BCUT2D eigenvalue weighted by Crippen LogP contribution is -2.44. The molecule has 1 aliphatic heterocycles. The summed E-state index contributed by atoms with van der Waals surface area (Å²) in [4.78, 5) is 13.7. The van der Waals surface area contributed by atoms with Crippen LogP contribution in [0, 0.1) is 0 Å². The van der Waals surface area contributed by atoms with E-state index in [-0.39, 0.29) is 5.38 Å². The second-order valence-electron chi connectivity index (χ2n) is 8.62. The average Bonchev–Trinajstić information content (AvgIpc) is 3.27. The van der Waals surface area contributed by atoms with Crippen molar-refractivity contribution in [1.82, 2.24) is 24.6 Å². The molecule has 0 saturated carbocycles. The number of alkyl halides is 1. The molecule has 2 aromatic heterocycles. The highest BCUT2D eigenvalue weighted by Crippen LogP contribution is 2.27. The van der Waals surface area contributed by atoms with E-state index in [0.717, 1.165) is 48.6 Å². The first-order chi connectivity index (χ1) is 16.6. The number of anilines is 2. The average molecular weight is 496 g/mol. The SMILES string of the molecule is CN1CCN(c2ccc(CNc3ncnc4c3cnn4CC(Cl)c3ccc(Cl)cc3)cc2)CC1. The Morgan fingerprint density at radius 2 is 1.71 bits per heavy atom. The van der Waals surface area contributed by atoms with Gasteiger partial charge in [-0.15, -0.1) is 11.6 Å². The van der Waals surface area contributed by atoms with Crippen LogP contribution >= 0.6 is 23.2 Å². The van der Waals surface area contributed by atoms with Gasteiger partial charge in [-0.1, -0.05) is 35.9 Å². The number of piperazine rings is 1. The summed E-state index contributed by atoms with van der Waals surface area (Å²) in [6, 6.07) is 16.3. The maximum atomic E-state index is 6.64. The Kier molecular flexibility index (Phi) is 6.85. The van der Waals surface area contributed by atoms with E-state index in [0.29, 0.717) is 18.1 Å². The van der Waals surface area contributed by atoms with Crippen molar-refractivity contribution < 1.29 is 0 Å². The van der Waals surface area contributed by atoms with Gasteiger partial charge in [-0.3, -0.25) is 0 Å². The molecule has 4 aromatic rings. The molecule has 0 aliphatic carbocycles. The van der Waals surface area contributed by atoms with Crippen molar-refractivity contribution in [2.24, 2.45) is 0 Å². The van der Waals surface area contributed by atoms with Crippen LogP contribution in [0.25, 0.3) is 11.0 Å². The van der Waals surface area contributed by atoms with Gasteiger partial charge in [0.25, 0.3) is 0 Å². The summed E-state index contributed by atoms with van der Waals surface area (Å²) < 4.78 is 1.82. The predicted molar refractivity (Wildman–Crippen MR) is 139 cm³/mol. The number of hydrogen-bond acceptors (Lipinski definition) is 6. The van der Waals surface area contributed by atoms with Gasteiger partial charge in [-0.2, -0.15) is 5.10 Å². The Labute approximate surface area is 209 Å². The van der Waals surface area contributed by atoms with E-state index in [1.165, 1.54) is 11.3 Å². The van der Waals surface area contributed by atoms with Gasteiger partial charge in [0.2, 0.25) is 0 Å². The molecular formula is C25H27Cl2N7. The number of fused-ring (bicyclic) bond motifs is 1. The van der Waals surface area contributed by atoms with E-state index >= 15 is 0 Å². The maximum absolute atomic E-state index is 6.64. The molecule has 3 heterocycles. The van der Waals surface area contributed by atoms with Crippen molar-refractivity contribution in [3.8, 4) is 0 Å². The van der Waals surface area contributed by atoms with Crippen LogP contribution in [0.3, 0.4) is 0 Å². The monoisotopic (exact) mass is 495 g/mol. The molecule has 34 heavy (non-hydrogen) atoms. The maximum Gasteiger partial charge on any atom is 0.163 e. The van der Waals surface area contributed by atoms with E-state index in [1.54, 1.807) is 12.5 Å². The number of aromatic nitrogens is 4. The summed E-state index contributed by atoms with van der Waals surface area (Å²) in [6.07, 6.45) is 3.35. The smallest absolute Gasteiger partial charge is 0.163 e. The third-order valence-electron chi connectivity index (χ3n) is 6.26. The minimum Gasteiger partial charge on any atom is -0.369 e. The fourth-order valence-corrected chi connectivity index (χ4v) is 4.57. The third-order valence-corrected chi connectivity index (χ3v) is 6.91. The first-order valence-corrected chi connectivity index (χ1v) is 12.2. The molecule has 1 unspecified atom stereocenters.